The number of aromatic nitrogens is 1. The third kappa shape index (κ3) is 4.95. The van der Waals surface area contributed by atoms with Gasteiger partial charge >= 0.3 is 0 Å². The van der Waals surface area contributed by atoms with Crippen molar-refractivity contribution < 1.29 is 32.2 Å². The number of amides is 1. The highest BCUT2D eigenvalue weighted by molar-refractivity contribution is 7.92. The molecule has 39 heavy (non-hydrogen) atoms. The maximum Gasteiger partial charge on any atom is 0.255 e. The summed E-state index contributed by atoms with van der Waals surface area (Å²) in [4.78, 5) is 16.9. The van der Waals surface area contributed by atoms with E-state index in [1.807, 2.05) is 0 Å². The molecule has 7 nitrogen and oxygen atoms in total. The number of pyridine rings is 1. The summed E-state index contributed by atoms with van der Waals surface area (Å²) in [6.07, 6.45) is 0.0751. The lowest BCUT2D eigenvalue weighted by atomic mass is 9.70. The fourth-order valence-electron chi connectivity index (χ4n) is 6.01. The normalized spacial score (nSPS) is 25.3. The van der Waals surface area contributed by atoms with E-state index >= 15 is 0 Å². The molecular weight excluding hydrogens is 550 g/mol. The van der Waals surface area contributed by atoms with Crippen LogP contribution in [-0.4, -0.2) is 40.4 Å². The van der Waals surface area contributed by atoms with Crippen molar-refractivity contribution in [1.29, 1.82) is 0 Å². The molecule has 3 unspecified atom stereocenters. The fourth-order valence-corrected chi connectivity index (χ4v) is 8.42. The highest BCUT2D eigenvalue weighted by atomic mass is 35.5. The molecule has 0 saturated heterocycles. The van der Waals surface area contributed by atoms with Crippen LogP contribution in [0.15, 0.2) is 59.5 Å². The summed E-state index contributed by atoms with van der Waals surface area (Å²) in [5, 5.41) is 24.3. The van der Waals surface area contributed by atoms with E-state index in [0.29, 0.717) is 24.2 Å². The van der Waals surface area contributed by atoms with Gasteiger partial charge in [-0.25, -0.2) is 17.2 Å². The number of aryl methyl sites for hydroxylation is 1. The summed E-state index contributed by atoms with van der Waals surface area (Å²) >= 11 is 6.29. The van der Waals surface area contributed by atoms with Crippen LogP contribution >= 0.6 is 11.6 Å². The summed E-state index contributed by atoms with van der Waals surface area (Å²) in [5.74, 6) is -3.88. The number of nitrogens with one attached hydrogen (secondary N) is 1. The van der Waals surface area contributed by atoms with Gasteiger partial charge in [-0.05, 0) is 86.9 Å². The number of hydrogen-bond acceptors (Lipinski definition) is 6. The Morgan fingerprint density at radius 2 is 1.77 bits per heavy atom. The molecule has 3 N–H and O–H groups in total. The number of nitrogens with zero attached hydrogens (tertiary/aromatic N) is 1. The molecule has 1 aromatic heterocycles. The molecule has 3 aromatic rings. The molecule has 2 aliphatic rings. The van der Waals surface area contributed by atoms with Crippen molar-refractivity contribution in [3.05, 3.63) is 88.2 Å². The smallest absolute Gasteiger partial charge is 0.255 e. The van der Waals surface area contributed by atoms with Gasteiger partial charge in [0, 0.05) is 23.0 Å². The molecule has 0 aliphatic heterocycles. The fraction of sp³-hybridized carbons (Fsp3) is 0.357. The minimum Gasteiger partial charge on any atom is -0.386 e. The van der Waals surface area contributed by atoms with Gasteiger partial charge in [0.15, 0.2) is 21.5 Å². The van der Waals surface area contributed by atoms with E-state index in [2.05, 4.69) is 10.3 Å². The number of rotatable bonds is 6. The second kappa shape index (κ2) is 10.2. The van der Waals surface area contributed by atoms with Gasteiger partial charge in [0.25, 0.3) is 5.91 Å². The molecular formula is C28H27ClF2N2O5S. The van der Waals surface area contributed by atoms with E-state index in [4.69, 9.17) is 11.6 Å². The number of aliphatic hydroxyl groups excluding tert-OH is 1. The van der Waals surface area contributed by atoms with E-state index in [9.17, 15) is 32.2 Å². The highest BCUT2D eigenvalue weighted by Gasteiger charge is 2.59. The third-order valence-corrected chi connectivity index (χ3v) is 10.7. The summed E-state index contributed by atoms with van der Waals surface area (Å²) in [6.45, 7) is 1.79. The Hall–Kier alpha value is -2.92. The number of halogens is 3. The monoisotopic (exact) mass is 576 g/mol. The molecule has 11 heteroatoms. The Labute approximate surface area is 229 Å². The van der Waals surface area contributed by atoms with E-state index in [-0.39, 0.29) is 34.0 Å². The van der Waals surface area contributed by atoms with E-state index in [0.717, 1.165) is 12.1 Å². The predicted octanol–water partition coefficient (Wildman–Crippen LogP) is 5.00. The molecule has 2 aromatic carbocycles. The van der Waals surface area contributed by atoms with Crippen LogP contribution in [0, 0.1) is 30.4 Å². The Bertz CT molecular complexity index is 1540. The minimum absolute atomic E-state index is 0.00283. The van der Waals surface area contributed by atoms with Crippen LogP contribution < -0.4 is 5.32 Å². The van der Waals surface area contributed by atoms with Crippen LogP contribution in [0.2, 0.25) is 5.02 Å². The molecule has 2 fully saturated rings. The van der Waals surface area contributed by atoms with Crippen LogP contribution in [0.1, 0.15) is 53.5 Å². The van der Waals surface area contributed by atoms with Crippen molar-refractivity contribution in [3.63, 3.8) is 0 Å². The molecule has 2 aliphatic carbocycles. The van der Waals surface area contributed by atoms with Gasteiger partial charge in [-0.15, -0.1) is 0 Å². The van der Waals surface area contributed by atoms with Gasteiger partial charge in [0.2, 0.25) is 0 Å². The van der Waals surface area contributed by atoms with Crippen LogP contribution in [0.4, 0.5) is 14.5 Å². The number of sulfone groups is 1. The number of carbonyl (C=O) groups excluding carboxylic acids is 1. The largest absolute Gasteiger partial charge is 0.386 e. The Balaban J connectivity index is 1.39. The highest BCUT2D eigenvalue weighted by Crippen LogP contribution is 2.56. The first-order valence-corrected chi connectivity index (χ1v) is 14.5. The topological polar surface area (TPSA) is 117 Å². The lowest BCUT2D eigenvalue weighted by Gasteiger charge is -2.45. The van der Waals surface area contributed by atoms with E-state index < -0.39 is 56.2 Å². The molecule has 2 saturated carbocycles. The zero-order valence-electron chi connectivity index (χ0n) is 20.9. The van der Waals surface area contributed by atoms with Gasteiger partial charge in [-0.3, -0.25) is 9.78 Å². The van der Waals surface area contributed by atoms with Crippen molar-refractivity contribution in [2.75, 3.05) is 5.32 Å². The number of fused-ring (bicyclic) bond motifs is 2. The molecule has 1 heterocycles. The Morgan fingerprint density at radius 3 is 2.41 bits per heavy atom. The molecule has 0 spiro atoms. The summed E-state index contributed by atoms with van der Waals surface area (Å²) in [7, 11) is -4.04. The second-order valence-corrected chi connectivity index (χ2v) is 12.9. The molecule has 1 amide bonds. The van der Waals surface area contributed by atoms with E-state index in [1.165, 1.54) is 24.3 Å². The third-order valence-electron chi connectivity index (χ3n) is 8.01. The first kappa shape index (κ1) is 27.6. The number of carbonyl (C=O) groups is 1. The van der Waals surface area contributed by atoms with Crippen LogP contribution in [0.5, 0.6) is 0 Å². The lowest BCUT2D eigenvalue weighted by molar-refractivity contribution is -0.145. The molecule has 5 atom stereocenters. The summed E-state index contributed by atoms with van der Waals surface area (Å²) < 4.78 is 54.3. The van der Waals surface area contributed by atoms with Crippen molar-refractivity contribution in [3.8, 4) is 0 Å². The predicted molar refractivity (Wildman–Crippen MR) is 141 cm³/mol. The van der Waals surface area contributed by atoms with Gasteiger partial charge in [-0.1, -0.05) is 17.7 Å². The quantitative estimate of drug-likeness (QED) is 0.380. The minimum atomic E-state index is -4.04. The maximum absolute atomic E-state index is 13.8. The standard InChI is InChI=1S/C28H27ClF2N2O5S/c1-15-3-2-4-24(32-15)26(34)28(36)17-6-7-18(28)13-20(12-17)39(37,38)25-11-16(5-9-21(25)29)27(35)33-19-8-10-22(30)23(31)14-19/h2-5,8-11,14,17-18,20,26,34,36H,6-7,12-13H2,1H3,(H,33,35)/t17-,18?,20?,26-,28?/m0/s1. The molecule has 0 radical (unpaired) electrons. The summed E-state index contributed by atoms with van der Waals surface area (Å²) in [6, 6.07) is 11.9. The van der Waals surface area contributed by atoms with Crippen molar-refractivity contribution >= 4 is 33.0 Å². The number of aliphatic hydroxyl groups is 2. The van der Waals surface area contributed by atoms with Gasteiger partial charge in [0.1, 0.15) is 11.7 Å². The van der Waals surface area contributed by atoms with E-state index in [1.54, 1.807) is 25.1 Å². The SMILES string of the molecule is Cc1cccc([C@H](O)C2(O)C3CC[C@H]2CC(S(=O)(=O)c2cc(C(=O)Nc4ccc(F)c(F)c4)ccc2Cl)C3)n1. The molecule has 2 bridgehead atoms. The summed E-state index contributed by atoms with van der Waals surface area (Å²) in [5.41, 5.74) is -0.495. The molecule has 5 rings (SSSR count). The zero-order chi connectivity index (χ0) is 28.1. The lowest BCUT2D eigenvalue weighted by Crippen LogP contribution is -2.52. The maximum atomic E-state index is 13.8. The second-order valence-electron chi connectivity index (χ2n) is 10.3. The van der Waals surface area contributed by atoms with Crippen LogP contribution in [-0.2, 0) is 9.84 Å². The number of benzene rings is 2. The van der Waals surface area contributed by atoms with Crippen molar-refractivity contribution in [1.82, 2.24) is 4.98 Å². The van der Waals surface area contributed by atoms with Crippen LogP contribution in [0.25, 0.3) is 0 Å². The van der Waals surface area contributed by atoms with Gasteiger partial charge < -0.3 is 15.5 Å². The van der Waals surface area contributed by atoms with Crippen molar-refractivity contribution in [2.24, 2.45) is 11.8 Å². The van der Waals surface area contributed by atoms with Gasteiger partial charge in [-0.2, -0.15) is 0 Å². The first-order chi connectivity index (χ1) is 18.4. The number of anilines is 1. The first-order valence-electron chi connectivity index (χ1n) is 12.5. The number of hydrogen-bond donors (Lipinski definition) is 3. The Morgan fingerprint density at radius 1 is 1.08 bits per heavy atom. The zero-order valence-corrected chi connectivity index (χ0v) is 22.5. The molecule has 206 valence electrons. The van der Waals surface area contributed by atoms with Gasteiger partial charge in [0.05, 0.1) is 20.9 Å². The van der Waals surface area contributed by atoms with Crippen LogP contribution in [0.3, 0.4) is 0 Å². The Kier molecular flexibility index (Phi) is 7.26. The van der Waals surface area contributed by atoms with Crippen molar-refractivity contribution in [2.45, 2.75) is 54.5 Å². The average Bonchev–Trinajstić information content (AvgIpc) is 3.05. The average molecular weight is 577 g/mol.